The van der Waals surface area contributed by atoms with Gasteiger partial charge in [0.15, 0.2) is 5.54 Å². The van der Waals surface area contributed by atoms with Crippen molar-refractivity contribution in [1.29, 1.82) is 0 Å². The van der Waals surface area contributed by atoms with Crippen molar-refractivity contribution in [3.8, 4) is 0 Å². The van der Waals surface area contributed by atoms with Gasteiger partial charge < -0.3 is 9.84 Å². The second-order valence-corrected chi connectivity index (χ2v) is 6.92. The molecule has 1 fully saturated rings. The monoisotopic (exact) mass is 337 g/mol. The molecular weight excluding hydrogens is 325 g/mol. The molecule has 0 bridgehead atoms. The van der Waals surface area contributed by atoms with Gasteiger partial charge in [0.25, 0.3) is 0 Å². The SMILES string of the molecule is O=C(O)C1(NS(=O)(=O)Cc2cc(F)ccc2Cl)CCOC1. The maximum absolute atomic E-state index is 13.1. The second kappa shape index (κ2) is 5.88. The quantitative estimate of drug-likeness (QED) is 0.840. The van der Waals surface area contributed by atoms with E-state index in [1.165, 1.54) is 6.07 Å². The van der Waals surface area contributed by atoms with Gasteiger partial charge in [-0.15, -0.1) is 0 Å². The van der Waals surface area contributed by atoms with Crippen molar-refractivity contribution in [3.63, 3.8) is 0 Å². The molecule has 1 aliphatic rings. The molecule has 1 atom stereocenters. The lowest BCUT2D eigenvalue weighted by molar-refractivity contribution is -0.144. The number of sulfonamides is 1. The van der Waals surface area contributed by atoms with Crippen LogP contribution in [0.15, 0.2) is 18.2 Å². The summed E-state index contributed by atoms with van der Waals surface area (Å²) >= 11 is 5.82. The van der Waals surface area contributed by atoms with E-state index >= 15 is 0 Å². The summed E-state index contributed by atoms with van der Waals surface area (Å²) in [5.41, 5.74) is -1.62. The van der Waals surface area contributed by atoms with E-state index in [9.17, 15) is 22.7 Å². The number of ether oxygens (including phenoxy) is 1. The summed E-state index contributed by atoms with van der Waals surface area (Å²) in [7, 11) is -4.02. The second-order valence-electron chi connectivity index (χ2n) is 4.79. The molecule has 1 saturated heterocycles. The lowest BCUT2D eigenvalue weighted by Gasteiger charge is -2.23. The fourth-order valence-corrected chi connectivity index (χ4v) is 3.88. The first-order valence-corrected chi connectivity index (χ1v) is 8.04. The average Bonchev–Trinajstić information content (AvgIpc) is 2.82. The highest BCUT2D eigenvalue weighted by molar-refractivity contribution is 7.88. The molecule has 116 valence electrons. The Balaban J connectivity index is 2.22. The van der Waals surface area contributed by atoms with Crippen molar-refractivity contribution in [3.05, 3.63) is 34.6 Å². The number of hydrogen-bond donors (Lipinski definition) is 2. The van der Waals surface area contributed by atoms with E-state index in [1.807, 2.05) is 0 Å². The fraction of sp³-hybridized carbons (Fsp3) is 0.417. The zero-order valence-corrected chi connectivity index (χ0v) is 12.4. The maximum Gasteiger partial charge on any atom is 0.327 e. The molecule has 9 heteroatoms. The van der Waals surface area contributed by atoms with E-state index < -0.39 is 33.1 Å². The van der Waals surface area contributed by atoms with Gasteiger partial charge in [0.1, 0.15) is 5.82 Å². The third kappa shape index (κ3) is 3.70. The van der Waals surface area contributed by atoms with Crippen LogP contribution in [0.2, 0.25) is 5.02 Å². The molecule has 2 N–H and O–H groups in total. The van der Waals surface area contributed by atoms with E-state index in [0.717, 1.165) is 12.1 Å². The molecule has 0 spiro atoms. The minimum absolute atomic E-state index is 0.0262. The summed E-state index contributed by atoms with van der Waals surface area (Å²) in [5.74, 6) is -2.55. The molecule has 0 aromatic heterocycles. The highest BCUT2D eigenvalue weighted by Gasteiger charge is 2.45. The average molecular weight is 338 g/mol. The van der Waals surface area contributed by atoms with Gasteiger partial charge in [0, 0.05) is 18.1 Å². The molecule has 0 amide bonds. The zero-order valence-electron chi connectivity index (χ0n) is 10.8. The Labute approximate surface area is 125 Å². The molecule has 1 aromatic rings. The third-order valence-corrected chi connectivity index (χ3v) is 4.90. The number of aliphatic carboxylic acids is 1. The van der Waals surface area contributed by atoms with Gasteiger partial charge >= 0.3 is 5.97 Å². The molecule has 0 radical (unpaired) electrons. The summed E-state index contributed by atoms with van der Waals surface area (Å²) in [6.07, 6.45) is 0.0262. The predicted molar refractivity (Wildman–Crippen MR) is 73.0 cm³/mol. The van der Waals surface area contributed by atoms with Crippen LogP contribution in [-0.4, -0.2) is 38.2 Å². The minimum Gasteiger partial charge on any atom is -0.480 e. The van der Waals surface area contributed by atoms with E-state index in [2.05, 4.69) is 4.72 Å². The Kier molecular flexibility index (Phi) is 4.52. The first kappa shape index (κ1) is 16.2. The van der Waals surface area contributed by atoms with E-state index in [4.69, 9.17) is 16.3 Å². The number of hydrogen-bond acceptors (Lipinski definition) is 4. The van der Waals surface area contributed by atoms with Crippen molar-refractivity contribution in [2.75, 3.05) is 13.2 Å². The summed E-state index contributed by atoms with van der Waals surface area (Å²) in [6, 6.07) is 3.35. The fourth-order valence-electron chi connectivity index (χ4n) is 2.05. The van der Waals surface area contributed by atoms with Gasteiger partial charge in [-0.05, 0) is 23.8 Å². The predicted octanol–water partition coefficient (Wildman–Crippen LogP) is 1.14. The summed E-state index contributed by atoms with van der Waals surface area (Å²) in [4.78, 5) is 11.3. The molecule has 0 saturated carbocycles. The molecule has 1 heterocycles. The van der Waals surface area contributed by atoms with Crippen LogP contribution in [-0.2, 0) is 25.3 Å². The smallest absolute Gasteiger partial charge is 0.327 e. The van der Waals surface area contributed by atoms with Crippen molar-refractivity contribution in [2.24, 2.45) is 0 Å². The van der Waals surface area contributed by atoms with Crippen molar-refractivity contribution >= 4 is 27.6 Å². The van der Waals surface area contributed by atoms with Crippen molar-refractivity contribution in [2.45, 2.75) is 17.7 Å². The Morgan fingerprint density at radius 1 is 1.52 bits per heavy atom. The number of carboxylic acids is 1. The van der Waals surface area contributed by atoms with Crippen molar-refractivity contribution < 1.29 is 27.4 Å². The standard InChI is InChI=1S/C12H13ClFNO5S/c13-10-2-1-9(14)5-8(10)6-21(18,19)15-12(11(16)17)3-4-20-7-12/h1-2,5,15H,3-4,6-7H2,(H,16,17). The summed E-state index contributed by atoms with van der Waals surface area (Å²) in [5, 5.41) is 9.29. The third-order valence-electron chi connectivity index (χ3n) is 3.14. The minimum atomic E-state index is -4.02. The number of nitrogens with one attached hydrogen (secondary N) is 1. The van der Waals surface area contributed by atoms with Crippen LogP contribution in [0.5, 0.6) is 0 Å². The Morgan fingerprint density at radius 2 is 2.24 bits per heavy atom. The lowest BCUT2D eigenvalue weighted by atomic mass is 10.0. The molecule has 2 rings (SSSR count). The number of benzene rings is 1. The van der Waals surface area contributed by atoms with Crippen LogP contribution in [0.25, 0.3) is 0 Å². The van der Waals surface area contributed by atoms with E-state index in [1.54, 1.807) is 0 Å². The van der Waals surface area contributed by atoms with Gasteiger partial charge in [0.05, 0.1) is 12.4 Å². The van der Waals surface area contributed by atoms with Gasteiger partial charge in [-0.3, -0.25) is 4.79 Å². The number of carboxylic acid groups (broad SMARTS) is 1. The van der Waals surface area contributed by atoms with Gasteiger partial charge in [-0.2, -0.15) is 4.72 Å². The van der Waals surface area contributed by atoms with E-state index in [0.29, 0.717) is 0 Å². The first-order valence-electron chi connectivity index (χ1n) is 6.01. The Bertz CT molecular complexity index is 658. The van der Waals surface area contributed by atoms with Crippen molar-refractivity contribution in [1.82, 2.24) is 4.72 Å². The molecule has 1 aliphatic heterocycles. The molecular formula is C12H13ClFNO5S. The topological polar surface area (TPSA) is 92.7 Å². The zero-order chi connectivity index (χ0) is 15.7. The number of rotatable bonds is 5. The normalized spacial score (nSPS) is 22.4. The molecule has 0 aliphatic carbocycles. The summed E-state index contributed by atoms with van der Waals surface area (Å²) < 4.78 is 44.5. The number of carbonyl (C=O) groups is 1. The highest BCUT2D eigenvalue weighted by atomic mass is 35.5. The van der Waals surface area contributed by atoms with Crippen LogP contribution < -0.4 is 4.72 Å². The largest absolute Gasteiger partial charge is 0.480 e. The lowest BCUT2D eigenvalue weighted by Crippen LogP contribution is -2.55. The van der Waals surface area contributed by atoms with E-state index in [-0.39, 0.29) is 30.2 Å². The van der Waals surface area contributed by atoms with Crippen LogP contribution in [0.3, 0.4) is 0 Å². The summed E-state index contributed by atoms with van der Waals surface area (Å²) in [6.45, 7) is -0.103. The molecule has 6 nitrogen and oxygen atoms in total. The van der Waals surface area contributed by atoms with Gasteiger partial charge in [0.2, 0.25) is 10.0 Å². The number of halogens is 2. The first-order chi connectivity index (χ1) is 9.74. The Hall–Kier alpha value is -1.22. The molecule has 21 heavy (non-hydrogen) atoms. The highest BCUT2D eigenvalue weighted by Crippen LogP contribution is 2.23. The van der Waals surface area contributed by atoms with Crippen LogP contribution in [0.4, 0.5) is 4.39 Å². The maximum atomic E-state index is 13.1. The molecule has 1 unspecified atom stereocenters. The molecule has 1 aromatic carbocycles. The van der Waals surface area contributed by atoms with Crippen LogP contribution in [0.1, 0.15) is 12.0 Å². The Morgan fingerprint density at radius 3 is 2.81 bits per heavy atom. The van der Waals surface area contributed by atoms with Crippen LogP contribution in [0, 0.1) is 5.82 Å². The van der Waals surface area contributed by atoms with Gasteiger partial charge in [-0.1, -0.05) is 11.6 Å². The van der Waals surface area contributed by atoms with Gasteiger partial charge in [-0.25, -0.2) is 12.8 Å². The van der Waals surface area contributed by atoms with Crippen LogP contribution >= 0.6 is 11.6 Å².